The molecule has 0 unspecified atom stereocenters. The molecule has 0 radical (unpaired) electrons. The molecule has 1 aromatic carbocycles. The Kier molecular flexibility index (Phi) is 3.96. The standard InChI is InChI=1S/C11H12BrNO4/c12-10-7-9(1-2-11(10)13(14)15)17-8-3-5-16-6-4-8/h1-2,7-8H,3-6H2. The number of rotatable bonds is 3. The SMILES string of the molecule is O=[N+]([O-])c1ccc(OC2CCOCC2)cc1Br. The number of benzene rings is 1. The summed E-state index contributed by atoms with van der Waals surface area (Å²) in [7, 11) is 0. The second-order valence-electron chi connectivity index (χ2n) is 3.80. The van der Waals surface area contributed by atoms with E-state index in [2.05, 4.69) is 15.9 Å². The van der Waals surface area contributed by atoms with Crippen molar-refractivity contribution in [1.29, 1.82) is 0 Å². The Labute approximate surface area is 107 Å². The molecular weight excluding hydrogens is 290 g/mol. The molecule has 0 bridgehead atoms. The van der Waals surface area contributed by atoms with E-state index in [0.29, 0.717) is 23.4 Å². The van der Waals surface area contributed by atoms with Crippen LogP contribution in [0.5, 0.6) is 5.75 Å². The summed E-state index contributed by atoms with van der Waals surface area (Å²) < 4.78 is 11.4. The summed E-state index contributed by atoms with van der Waals surface area (Å²) in [5, 5.41) is 10.6. The van der Waals surface area contributed by atoms with E-state index in [1.165, 1.54) is 6.07 Å². The highest BCUT2D eigenvalue weighted by Gasteiger charge is 2.17. The Morgan fingerprint density at radius 1 is 1.41 bits per heavy atom. The molecule has 0 N–H and O–H groups in total. The van der Waals surface area contributed by atoms with Crippen LogP contribution in [0.2, 0.25) is 0 Å². The molecule has 0 spiro atoms. The number of nitrogens with zero attached hydrogens (tertiary/aromatic N) is 1. The van der Waals surface area contributed by atoms with Gasteiger partial charge in [-0.15, -0.1) is 0 Å². The zero-order valence-corrected chi connectivity index (χ0v) is 10.7. The minimum absolute atomic E-state index is 0.0457. The molecule has 17 heavy (non-hydrogen) atoms. The molecule has 5 nitrogen and oxygen atoms in total. The molecule has 1 saturated heterocycles. The number of nitro benzene ring substituents is 1. The highest BCUT2D eigenvalue weighted by molar-refractivity contribution is 9.10. The fourth-order valence-electron chi connectivity index (χ4n) is 1.70. The van der Waals surface area contributed by atoms with Crippen LogP contribution in [0.4, 0.5) is 5.69 Å². The molecule has 1 heterocycles. The molecule has 1 aliphatic rings. The second-order valence-corrected chi connectivity index (χ2v) is 4.65. The largest absolute Gasteiger partial charge is 0.490 e. The van der Waals surface area contributed by atoms with Crippen molar-refractivity contribution in [3.05, 3.63) is 32.8 Å². The molecule has 2 rings (SSSR count). The van der Waals surface area contributed by atoms with Gasteiger partial charge in [0.25, 0.3) is 5.69 Å². The predicted molar refractivity (Wildman–Crippen MR) is 65.3 cm³/mol. The Morgan fingerprint density at radius 3 is 2.71 bits per heavy atom. The van der Waals surface area contributed by atoms with E-state index in [1.807, 2.05) is 0 Å². The summed E-state index contributed by atoms with van der Waals surface area (Å²) in [6.07, 6.45) is 1.85. The fourth-order valence-corrected chi connectivity index (χ4v) is 2.20. The first kappa shape index (κ1) is 12.3. The quantitative estimate of drug-likeness (QED) is 0.636. The Hall–Kier alpha value is -1.14. The van der Waals surface area contributed by atoms with Gasteiger partial charge >= 0.3 is 0 Å². The van der Waals surface area contributed by atoms with Crippen molar-refractivity contribution in [3.8, 4) is 5.75 Å². The van der Waals surface area contributed by atoms with E-state index < -0.39 is 4.92 Å². The maximum atomic E-state index is 10.6. The number of nitro groups is 1. The highest BCUT2D eigenvalue weighted by Crippen LogP contribution is 2.30. The number of hydrogen-bond acceptors (Lipinski definition) is 4. The van der Waals surface area contributed by atoms with Crippen molar-refractivity contribution in [2.24, 2.45) is 0 Å². The molecule has 0 atom stereocenters. The Bertz CT molecular complexity index is 418. The second kappa shape index (κ2) is 5.46. The van der Waals surface area contributed by atoms with Gasteiger partial charge in [0.15, 0.2) is 0 Å². The molecule has 92 valence electrons. The lowest BCUT2D eigenvalue weighted by Gasteiger charge is -2.23. The van der Waals surface area contributed by atoms with Crippen molar-refractivity contribution >= 4 is 21.6 Å². The summed E-state index contributed by atoms with van der Waals surface area (Å²) in [6.45, 7) is 1.41. The number of halogens is 1. The molecule has 0 aromatic heterocycles. The van der Waals surface area contributed by atoms with E-state index in [1.54, 1.807) is 12.1 Å². The molecule has 0 aliphatic carbocycles. The lowest BCUT2D eigenvalue weighted by molar-refractivity contribution is -0.385. The molecule has 1 fully saturated rings. The van der Waals surface area contributed by atoms with Crippen LogP contribution in [0.1, 0.15) is 12.8 Å². The van der Waals surface area contributed by atoms with Crippen LogP contribution in [0, 0.1) is 10.1 Å². The molecular formula is C11H12BrNO4. The minimum atomic E-state index is -0.428. The summed E-state index contributed by atoms with van der Waals surface area (Å²) in [5.74, 6) is 0.648. The summed E-state index contributed by atoms with van der Waals surface area (Å²) >= 11 is 3.17. The third-order valence-electron chi connectivity index (χ3n) is 2.59. The third kappa shape index (κ3) is 3.17. The molecule has 6 heteroatoms. The predicted octanol–water partition coefficient (Wildman–Crippen LogP) is 2.92. The van der Waals surface area contributed by atoms with E-state index in [0.717, 1.165) is 12.8 Å². The van der Waals surface area contributed by atoms with Crippen molar-refractivity contribution in [1.82, 2.24) is 0 Å². The Morgan fingerprint density at radius 2 is 2.12 bits per heavy atom. The zero-order chi connectivity index (χ0) is 12.3. The third-order valence-corrected chi connectivity index (χ3v) is 3.22. The lowest BCUT2D eigenvalue weighted by Crippen LogP contribution is -2.25. The van der Waals surface area contributed by atoms with Crippen molar-refractivity contribution in [2.45, 2.75) is 18.9 Å². The van der Waals surface area contributed by atoms with Gasteiger partial charge in [-0.1, -0.05) is 0 Å². The summed E-state index contributed by atoms with van der Waals surface area (Å²) in [4.78, 5) is 10.2. The van der Waals surface area contributed by atoms with Crippen molar-refractivity contribution < 1.29 is 14.4 Å². The first-order valence-corrected chi connectivity index (χ1v) is 6.14. The van der Waals surface area contributed by atoms with Crippen LogP contribution < -0.4 is 4.74 Å². The molecule has 0 amide bonds. The smallest absolute Gasteiger partial charge is 0.283 e. The van der Waals surface area contributed by atoms with Crippen molar-refractivity contribution in [2.75, 3.05) is 13.2 Å². The van der Waals surface area contributed by atoms with E-state index in [9.17, 15) is 10.1 Å². The van der Waals surface area contributed by atoms with Gasteiger partial charge in [0, 0.05) is 25.0 Å². The van der Waals surface area contributed by atoms with Gasteiger partial charge < -0.3 is 9.47 Å². The van der Waals surface area contributed by atoms with E-state index in [4.69, 9.17) is 9.47 Å². The van der Waals surface area contributed by atoms with E-state index >= 15 is 0 Å². The van der Waals surface area contributed by atoms with E-state index in [-0.39, 0.29) is 11.8 Å². The fraction of sp³-hybridized carbons (Fsp3) is 0.455. The summed E-state index contributed by atoms with van der Waals surface area (Å²) in [6, 6.07) is 4.70. The van der Waals surface area contributed by atoms with Crippen LogP contribution in [0.3, 0.4) is 0 Å². The number of hydrogen-bond donors (Lipinski definition) is 0. The highest BCUT2D eigenvalue weighted by atomic mass is 79.9. The van der Waals surface area contributed by atoms with Crippen molar-refractivity contribution in [3.63, 3.8) is 0 Å². The van der Waals surface area contributed by atoms with Gasteiger partial charge in [0.05, 0.1) is 22.6 Å². The van der Waals surface area contributed by atoms with Gasteiger partial charge in [-0.25, -0.2) is 0 Å². The average molecular weight is 302 g/mol. The lowest BCUT2D eigenvalue weighted by atomic mass is 10.1. The van der Waals surface area contributed by atoms with Gasteiger partial charge in [-0.05, 0) is 22.0 Å². The number of ether oxygens (including phenoxy) is 2. The normalized spacial score (nSPS) is 16.8. The Balaban J connectivity index is 2.06. The topological polar surface area (TPSA) is 61.6 Å². The van der Waals surface area contributed by atoms with Crippen LogP contribution in [-0.2, 0) is 4.74 Å². The maximum absolute atomic E-state index is 10.6. The monoisotopic (exact) mass is 301 g/mol. The van der Waals surface area contributed by atoms with Gasteiger partial charge in [0.1, 0.15) is 11.9 Å². The summed E-state index contributed by atoms with van der Waals surface area (Å²) in [5.41, 5.74) is 0.0457. The molecule has 0 saturated carbocycles. The molecule has 1 aromatic rings. The maximum Gasteiger partial charge on any atom is 0.283 e. The van der Waals surface area contributed by atoms with Gasteiger partial charge in [-0.2, -0.15) is 0 Å². The van der Waals surface area contributed by atoms with Crippen LogP contribution >= 0.6 is 15.9 Å². The first-order valence-electron chi connectivity index (χ1n) is 5.35. The van der Waals surface area contributed by atoms with Gasteiger partial charge in [-0.3, -0.25) is 10.1 Å². The van der Waals surface area contributed by atoms with Crippen LogP contribution in [-0.4, -0.2) is 24.2 Å². The van der Waals surface area contributed by atoms with Gasteiger partial charge in [0.2, 0.25) is 0 Å². The first-order chi connectivity index (χ1) is 8.16. The zero-order valence-electron chi connectivity index (χ0n) is 9.10. The molecule has 1 aliphatic heterocycles. The average Bonchev–Trinajstić information content (AvgIpc) is 2.30. The van der Waals surface area contributed by atoms with Crippen LogP contribution in [0.25, 0.3) is 0 Å². The van der Waals surface area contributed by atoms with Crippen LogP contribution in [0.15, 0.2) is 22.7 Å². The minimum Gasteiger partial charge on any atom is -0.490 e.